The SMILES string of the molecule is O=C(O)CNCC(=O)NCC(=O)c1ccc(Br)cc1. The molecule has 0 atom stereocenters. The maximum Gasteiger partial charge on any atom is 0.317 e. The second-order valence-corrected chi connectivity index (χ2v) is 4.62. The lowest BCUT2D eigenvalue weighted by atomic mass is 10.1. The van der Waals surface area contributed by atoms with Gasteiger partial charge in [-0.2, -0.15) is 0 Å². The lowest BCUT2D eigenvalue weighted by Gasteiger charge is -2.05. The quantitative estimate of drug-likeness (QED) is 0.630. The molecule has 0 aliphatic carbocycles. The predicted octanol–water partition coefficient (Wildman–Crippen LogP) is 0.422. The Morgan fingerprint density at radius 2 is 1.68 bits per heavy atom. The molecular weight excluding hydrogens is 316 g/mol. The second-order valence-electron chi connectivity index (χ2n) is 3.70. The normalized spacial score (nSPS) is 9.95. The number of benzene rings is 1. The van der Waals surface area contributed by atoms with Crippen molar-refractivity contribution in [1.29, 1.82) is 0 Å². The summed E-state index contributed by atoms with van der Waals surface area (Å²) in [5.74, 6) is -1.68. The number of rotatable bonds is 7. The van der Waals surface area contributed by atoms with Crippen molar-refractivity contribution in [2.75, 3.05) is 19.6 Å². The number of nitrogens with one attached hydrogen (secondary N) is 2. The number of Topliss-reactive ketones (excluding diaryl/α,β-unsaturated/α-hetero) is 1. The van der Waals surface area contributed by atoms with Crippen LogP contribution in [0.5, 0.6) is 0 Å². The van der Waals surface area contributed by atoms with Crippen molar-refractivity contribution in [3.63, 3.8) is 0 Å². The maximum absolute atomic E-state index is 11.7. The number of carboxylic acid groups (broad SMARTS) is 1. The fourth-order valence-corrected chi connectivity index (χ4v) is 1.53. The fourth-order valence-electron chi connectivity index (χ4n) is 1.26. The molecule has 1 aromatic carbocycles. The first-order valence-corrected chi connectivity index (χ1v) is 6.26. The Bertz CT molecular complexity index is 473. The van der Waals surface area contributed by atoms with Crippen molar-refractivity contribution < 1.29 is 19.5 Å². The third-order valence-corrected chi connectivity index (χ3v) is 2.70. The Labute approximate surface area is 118 Å². The van der Waals surface area contributed by atoms with Crippen LogP contribution >= 0.6 is 15.9 Å². The number of carboxylic acids is 1. The molecule has 0 aliphatic heterocycles. The van der Waals surface area contributed by atoms with Crippen molar-refractivity contribution in [2.45, 2.75) is 0 Å². The molecule has 7 heteroatoms. The Kier molecular flexibility index (Phi) is 6.17. The third kappa shape index (κ3) is 6.12. The first-order chi connectivity index (χ1) is 8.99. The minimum absolute atomic E-state index is 0.116. The van der Waals surface area contributed by atoms with Crippen LogP contribution in [0.4, 0.5) is 0 Å². The van der Waals surface area contributed by atoms with E-state index in [2.05, 4.69) is 26.6 Å². The van der Waals surface area contributed by atoms with E-state index in [4.69, 9.17) is 5.11 Å². The number of carbonyl (C=O) groups excluding carboxylic acids is 2. The molecule has 0 saturated carbocycles. The molecule has 6 nitrogen and oxygen atoms in total. The number of ketones is 1. The second kappa shape index (κ2) is 7.65. The van der Waals surface area contributed by atoms with Gasteiger partial charge in [0.05, 0.1) is 19.6 Å². The standard InChI is InChI=1S/C12H13BrN2O4/c13-9-3-1-8(2-4-9)10(16)5-15-11(17)6-14-7-12(18)19/h1-4,14H,5-7H2,(H,15,17)(H,18,19). The molecule has 0 spiro atoms. The van der Waals surface area contributed by atoms with E-state index in [0.717, 1.165) is 4.47 Å². The van der Waals surface area contributed by atoms with Crippen molar-refractivity contribution in [3.8, 4) is 0 Å². The van der Waals surface area contributed by atoms with Gasteiger partial charge in [0.15, 0.2) is 5.78 Å². The molecule has 0 bridgehead atoms. The van der Waals surface area contributed by atoms with Crippen molar-refractivity contribution >= 4 is 33.6 Å². The van der Waals surface area contributed by atoms with E-state index in [1.54, 1.807) is 24.3 Å². The largest absolute Gasteiger partial charge is 0.480 e. The highest BCUT2D eigenvalue weighted by Crippen LogP contribution is 2.10. The third-order valence-electron chi connectivity index (χ3n) is 2.17. The van der Waals surface area contributed by atoms with Crippen LogP contribution < -0.4 is 10.6 Å². The molecule has 1 aromatic rings. The van der Waals surface area contributed by atoms with E-state index in [1.807, 2.05) is 0 Å². The van der Waals surface area contributed by atoms with Gasteiger partial charge in [0.2, 0.25) is 5.91 Å². The predicted molar refractivity (Wildman–Crippen MR) is 72.0 cm³/mol. The van der Waals surface area contributed by atoms with E-state index >= 15 is 0 Å². The number of hydrogen-bond donors (Lipinski definition) is 3. The smallest absolute Gasteiger partial charge is 0.317 e. The molecule has 102 valence electrons. The van der Waals surface area contributed by atoms with Gasteiger partial charge in [-0.05, 0) is 12.1 Å². The Morgan fingerprint density at radius 3 is 2.26 bits per heavy atom. The summed E-state index contributed by atoms with van der Waals surface area (Å²) in [6.45, 7) is -0.552. The minimum atomic E-state index is -1.04. The number of amides is 1. The van der Waals surface area contributed by atoms with Gasteiger partial charge in [-0.15, -0.1) is 0 Å². The highest BCUT2D eigenvalue weighted by Gasteiger charge is 2.08. The van der Waals surface area contributed by atoms with Crippen LogP contribution in [0.2, 0.25) is 0 Å². The summed E-state index contributed by atoms with van der Waals surface area (Å²) in [5.41, 5.74) is 0.502. The average Bonchev–Trinajstić information content (AvgIpc) is 2.36. The topological polar surface area (TPSA) is 95.5 Å². The Balaban J connectivity index is 2.31. The van der Waals surface area contributed by atoms with Crippen LogP contribution in [0, 0.1) is 0 Å². The maximum atomic E-state index is 11.7. The van der Waals surface area contributed by atoms with Crippen molar-refractivity contribution in [3.05, 3.63) is 34.3 Å². The van der Waals surface area contributed by atoms with Crippen molar-refractivity contribution in [1.82, 2.24) is 10.6 Å². The van der Waals surface area contributed by atoms with Gasteiger partial charge in [-0.3, -0.25) is 19.7 Å². The van der Waals surface area contributed by atoms with E-state index in [9.17, 15) is 14.4 Å². The van der Waals surface area contributed by atoms with Gasteiger partial charge in [0.25, 0.3) is 0 Å². The highest BCUT2D eigenvalue weighted by molar-refractivity contribution is 9.10. The first-order valence-electron chi connectivity index (χ1n) is 5.47. The van der Waals surface area contributed by atoms with E-state index in [0.29, 0.717) is 5.56 Å². The van der Waals surface area contributed by atoms with Crippen LogP contribution in [0.15, 0.2) is 28.7 Å². The summed E-state index contributed by atoms with van der Waals surface area (Å²) in [4.78, 5) is 33.2. The molecule has 0 unspecified atom stereocenters. The number of aliphatic carboxylic acids is 1. The summed E-state index contributed by atoms with van der Waals surface area (Å²) >= 11 is 3.26. The van der Waals surface area contributed by atoms with Crippen LogP contribution in [0.25, 0.3) is 0 Å². The Morgan fingerprint density at radius 1 is 1.05 bits per heavy atom. The zero-order valence-electron chi connectivity index (χ0n) is 9.98. The average molecular weight is 329 g/mol. The summed E-state index contributed by atoms with van der Waals surface area (Å²) in [5, 5.41) is 13.2. The van der Waals surface area contributed by atoms with Gasteiger partial charge in [0.1, 0.15) is 0 Å². The molecule has 0 fully saturated rings. The molecule has 19 heavy (non-hydrogen) atoms. The molecule has 3 N–H and O–H groups in total. The van der Waals surface area contributed by atoms with Gasteiger partial charge in [-0.25, -0.2) is 0 Å². The fraction of sp³-hybridized carbons (Fsp3) is 0.250. The van der Waals surface area contributed by atoms with E-state index in [-0.39, 0.29) is 25.4 Å². The van der Waals surface area contributed by atoms with Gasteiger partial charge in [-0.1, -0.05) is 28.1 Å². The minimum Gasteiger partial charge on any atom is -0.480 e. The zero-order valence-corrected chi connectivity index (χ0v) is 11.6. The molecule has 0 aliphatic rings. The number of hydrogen-bond acceptors (Lipinski definition) is 4. The van der Waals surface area contributed by atoms with Gasteiger partial charge >= 0.3 is 5.97 Å². The zero-order chi connectivity index (χ0) is 14.3. The number of halogens is 1. The lowest BCUT2D eigenvalue weighted by molar-refractivity contribution is -0.136. The lowest BCUT2D eigenvalue weighted by Crippen LogP contribution is -2.38. The molecule has 0 aromatic heterocycles. The summed E-state index contributed by atoms with van der Waals surface area (Å²) in [6.07, 6.45) is 0. The molecule has 1 rings (SSSR count). The monoisotopic (exact) mass is 328 g/mol. The van der Waals surface area contributed by atoms with Crippen LogP contribution in [0.1, 0.15) is 10.4 Å². The molecule has 0 radical (unpaired) electrons. The summed E-state index contributed by atoms with van der Waals surface area (Å²) in [7, 11) is 0. The molecule has 0 heterocycles. The van der Waals surface area contributed by atoms with E-state index < -0.39 is 11.9 Å². The summed E-state index contributed by atoms with van der Waals surface area (Å²) in [6, 6.07) is 6.79. The Hall–Kier alpha value is -1.73. The van der Waals surface area contributed by atoms with Crippen LogP contribution in [0.3, 0.4) is 0 Å². The van der Waals surface area contributed by atoms with E-state index in [1.165, 1.54) is 0 Å². The number of carbonyl (C=O) groups is 3. The van der Waals surface area contributed by atoms with Gasteiger partial charge in [0, 0.05) is 10.0 Å². The molecular formula is C12H13BrN2O4. The molecule has 1 amide bonds. The molecule has 0 saturated heterocycles. The summed E-state index contributed by atoms with van der Waals surface area (Å²) < 4.78 is 0.867. The van der Waals surface area contributed by atoms with Crippen LogP contribution in [-0.4, -0.2) is 42.4 Å². The van der Waals surface area contributed by atoms with Crippen LogP contribution in [-0.2, 0) is 9.59 Å². The van der Waals surface area contributed by atoms with Crippen molar-refractivity contribution in [2.24, 2.45) is 0 Å². The van der Waals surface area contributed by atoms with Gasteiger partial charge < -0.3 is 10.4 Å². The first kappa shape index (κ1) is 15.3. The highest BCUT2D eigenvalue weighted by atomic mass is 79.9.